The van der Waals surface area contributed by atoms with Gasteiger partial charge in [-0.15, -0.1) is 0 Å². The summed E-state index contributed by atoms with van der Waals surface area (Å²) >= 11 is 0. The van der Waals surface area contributed by atoms with E-state index in [1.807, 2.05) is 26.4 Å². The molecule has 1 saturated heterocycles. The minimum Gasteiger partial charge on any atom is -0.356 e. The van der Waals surface area contributed by atoms with Gasteiger partial charge in [0.1, 0.15) is 12.0 Å². The van der Waals surface area contributed by atoms with Crippen LogP contribution in [0, 0.1) is 0 Å². The highest BCUT2D eigenvalue weighted by Gasteiger charge is 2.25. The molecule has 8 heteroatoms. The van der Waals surface area contributed by atoms with Crippen LogP contribution < -0.4 is 4.90 Å². The smallest absolute Gasteiger partial charge is 0.214 e. The molecule has 0 N–H and O–H groups in total. The maximum atomic E-state index is 12.1. The van der Waals surface area contributed by atoms with E-state index in [4.69, 9.17) is 14.9 Å². The molecule has 0 spiro atoms. The van der Waals surface area contributed by atoms with Crippen LogP contribution in [0.15, 0.2) is 48.8 Å². The highest BCUT2D eigenvalue weighted by Crippen LogP contribution is 2.37. The van der Waals surface area contributed by atoms with Gasteiger partial charge in [0.2, 0.25) is 6.41 Å². The molecule has 6 rings (SSSR count). The van der Waals surface area contributed by atoms with Gasteiger partial charge in [-0.3, -0.25) is 4.79 Å². The maximum Gasteiger partial charge on any atom is 0.214 e. The monoisotopic (exact) mass is 512 g/mol. The number of carbonyl (C=O) groups excluding carboxylic acids is 1. The van der Waals surface area contributed by atoms with Gasteiger partial charge in [-0.1, -0.05) is 25.0 Å². The number of nitrogens with zero attached hydrogens (tertiary/aromatic N) is 6. The Balaban J connectivity index is 1.46. The number of rotatable bonds is 6. The largest absolute Gasteiger partial charge is 0.356 e. The van der Waals surface area contributed by atoms with Crippen molar-refractivity contribution in [2.75, 3.05) is 11.5 Å². The molecular weight excluding hydrogens is 476 g/mol. The first-order valence-electron chi connectivity index (χ1n) is 13.8. The van der Waals surface area contributed by atoms with E-state index in [1.165, 1.54) is 12.8 Å². The second kappa shape index (κ2) is 9.98. The second-order valence-corrected chi connectivity index (χ2v) is 11.5. The lowest BCUT2D eigenvalue weighted by atomic mass is 10.0. The van der Waals surface area contributed by atoms with E-state index in [-0.39, 0.29) is 17.8 Å². The summed E-state index contributed by atoms with van der Waals surface area (Å²) in [6, 6.07) is 14.8. The number of anilines is 1. The fraction of sp³-hybridized carbons (Fsp3) is 0.467. The summed E-state index contributed by atoms with van der Waals surface area (Å²) in [6.45, 7) is 7.09. The number of hydrogen-bond acceptors (Lipinski definition) is 5. The van der Waals surface area contributed by atoms with Crippen molar-refractivity contribution in [2.45, 2.75) is 83.5 Å². The Hall–Kier alpha value is -3.52. The van der Waals surface area contributed by atoms with Crippen LogP contribution in [0.4, 0.5) is 5.69 Å². The number of carbonyl (C=O) groups is 1. The minimum absolute atomic E-state index is 0.0859. The first-order valence-corrected chi connectivity index (χ1v) is 13.8. The quantitative estimate of drug-likeness (QED) is 0.283. The molecule has 3 heterocycles. The van der Waals surface area contributed by atoms with E-state index in [0.29, 0.717) is 5.82 Å². The molecule has 0 bridgehead atoms. The lowest BCUT2D eigenvalue weighted by Gasteiger charge is -2.25. The van der Waals surface area contributed by atoms with Gasteiger partial charge in [0.25, 0.3) is 0 Å². The summed E-state index contributed by atoms with van der Waals surface area (Å²) in [6.07, 6.45) is 10.3. The molecular formula is C30H36N6O2. The summed E-state index contributed by atoms with van der Waals surface area (Å²) < 4.78 is 10.1. The van der Waals surface area contributed by atoms with Crippen molar-refractivity contribution < 1.29 is 9.53 Å². The van der Waals surface area contributed by atoms with Gasteiger partial charge in [0, 0.05) is 34.8 Å². The van der Waals surface area contributed by atoms with Gasteiger partial charge < -0.3 is 9.64 Å². The number of amides is 1. The Morgan fingerprint density at radius 3 is 2.50 bits per heavy atom. The summed E-state index contributed by atoms with van der Waals surface area (Å²) in [7, 11) is 0. The lowest BCUT2D eigenvalue weighted by molar-refractivity contribution is -0.107. The third kappa shape index (κ3) is 4.62. The molecule has 38 heavy (non-hydrogen) atoms. The molecule has 2 aromatic heterocycles. The van der Waals surface area contributed by atoms with Gasteiger partial charge in [0.15, 0.2) is 12.1 Å². The number of aromatic nitrogens is 5. The van der Waals surface area contributed by atoms with Crippen molar-refractivity contribution >= 4 is 23.0 Å². The first kappa shape index (κ1) is 24.8. The molecule has 1 saturated carbocycles. The van der Waals surface area contributed by atoms with Crippen LogP contribution in [0.1, 0.15) is 71.9 Å². The predicted molar refractivity (Wildman–Crippen MR) is 149 cm³/mol. The Kier molecular flexibility index (Phi) is 6.51. The Bertz CT molecular complexity index is 1440. The van der Waals surface area contributed by atoms with Crippen molar-refractivity contribution in [3.8, 4) is 22.6 Å². The zero-order valence-electron chi connectivity index (χ0n) is 22.5. The molecule has 2 aliphatic rings. The highest BCUT2D eigenvalue weighted by atomic mass is 16.5. The van der Waals surface area contributed by atoms with Gasteiger partial charge in [-0.2, -0.15) is 10.2 Å². The fourth-order valence-corrected chi connectivity index (χ4v) is 5.70. The minimum atomic E-state index is -0.145. The van der Waals surface area contributed by atoms with Crippen LogP contribution in [0.2, 0.25) is 0 Å². The van der Waals surface area contributed by atoms with Crippen LogP contribution in [-0.4, -0.2) is 43.6 Å². The number of hydrogen-bond donors (Lipinski definition) is 0. The fourth-order valence-electron chi connectivity index (χ4n) is 5.70. The zero-order chi connectivity index (χ0) is 26.3. The molecule has 0 radical (unpaired) electrons. The Morgan fingerprint density at radius 1 is 0.974 bits per heavy atom. The van der Waals surface area contributed by atoms with Crippen molar-refractivity contribution in [1.82, 2.24) is 24.5 Å². The molecule has 1 atom stereocenters. The standard InChI is InChI=1S/C30H36N6O2/c1-30(2,3)35-19-31-29(33-35)22-14-15-26-25(18-22)28(32-36(26)27-13-6-7-16-38-27)21-9-8-12-24(17-21)34(20-37)23-10-4-5-11-23/h8-9,12,14-15,17-20,23,27H,4-7,10-11,13,16H2,1-3H3. The van der Waals surface area contributed by atoms with Crippen LogP contribution in [-0.2, 0) is 15.1 Å². The average Bonchev–Trinajstić information content (AvgIpc) is 3.70. The normalized spacial score (nSPS) is 18.8. The zero-order valence-corrected chi connectivity index (χ0v) is 22.5. The average molecular weight is 513 g/mol. The summed E-state index contributed by atoms with van der Waals surface area (Å²) in [4.78, 5) is 18.6. The van der Waals surface area contributed by atoms with Crippen LogP contribution in [0.25, 0.3) is 33.5 Å². The lowest BCUT2D eigenvalue weighted by Crippen LogP contribution is -2.31. The summed E-state index contributed by atoms with van der Waals surface area (Å²) in [5.74, 6) is 0.691. The Labute approximate surface area is 223 Å². The number of fused-ring (bicyclic) bond motifs is 1. The van der Waals surface area contributed by atoms with Gasteiger partial charge >= 0.3 is 0 Å². The molecule has 198 valence electrons. The number of ether oxygens (including phenoxy) is 1. The molecule has 4 aromatic rings. The van der Waals surface area contributed by atoms with E-state index < -0.39 is 0 Å². The van der Waals surface area contributed by atoms with E-state index >= 15 is 0 Å². The molecule has 2 fully saturated rings. The van der Waals surface area contributed by atoms with Crippen molar-refractivity contribution in [2.24, 2.45) is 0 Å². The molecule has 1 amide bonds. The van der Waals surface area contributed by atoms with Gasteiger partial charge in [-0.25, -0.2) is 14.3 Å². The first-order chi connectivity index (χ1) is 18.4. The predicted octanol–water partition coefficient (Wildman–Crippen LogP) is 6.32. The molecule has 8 nitrogen and oxygen atoms in total. The van der Waals surface area contributed by atoms with Crippen LogP contribution >= 0.6 is 0 Å². The maximum absolute atomic E-state index is 12.1. The topological polar surface area (TPSA) is 78.1 Å². The highest BCUT2D eigenvalue weighted by molar-refractivity contribution is 5.96. The van der Waals surface area contributed by atoms with Crippen molar-refractivity contribution in [3.05, 3.63) is 48.8 Å². The summed E-state index contributed by atoms with van der Waals surface area (Å²) in [5, 5.41) is 10.9. The summed E-state index contributed by atoms with van der Waals surface area (Å²) in [5.41, 5.74) is 4.61. The third-order valence-electron chi connectivity index (χ3n) is 7.82. The van der Waals surface area contributed by atoms with Crippen LogP contribution in [0.5, 0.6) is 0 Å². The molecule has 1 unspecified atom stereocenters. The van der Waals surface area contributed by atoms with Crippen molar-refractivity contribution in [1.29, 1.82) is 0 Å². The van der Waals surface area contributed by atoms with Crippen molar-refractivity contribution in [3.63, 3.8) is 0 Å². The van der Waals surface area contributed by atoms with E-state index in [1.54, 1.807) is 6.33 Å². The van der Waals surface area contributed by atoms with E-state index in [9.17, 15) is 4.79 Å². The van der Waals surface area contributed by atoms with E-state index in [2.05, 4.69) is 56.1 Å². The third-order valence-corrected chi connectivity index (χ3v) is 7.82. The number of benzene rings is 2. The Morgan fingerprint density at radius 2 is 1.79 bits per heavy atom. The molecule has 1 aliphatic heterocycles. The van der Waals surface area contributed by atoms with Gasteiger partial charge in [-0.05, 0) is 83.2 Å². The SMILES string of the molecule is CC(C)(C)n1cnc(-c2ccc3c(c2)c(-c2cccc(N(C=O)C4CCCC4)c2)nn3C2CCCCO2)n1. The molecule has 2 aromatic carbocycles. The van der Waals surface area contributed by atoms with E-state index in [0.717, 1.165) is 78.5 Å². The molecule has 1 aliphatic carbocycles. The van der Waals surface area contributed by atoms with Crippen LogP contribution in [0.3, 0.4) is 0 Å². The van der Waals surface area contributed by atoms with Gasteiger partial charge in [0.05, 0.1) is 11.1 Å². The second-order valence-electron chi connectivity index (χ2n) is 11.5.